The molecular weight excluding hydrogens is 256 g/mol. The zero-order valence-corrected chi connectivity index (χ0v) is 11.8. The van der Waals surface area contributed by atoms with Crippen LogP contribution in [0, 0.1) is 0 Å². The Morgan fingerprint density at radius 3 is 2.61 bits per heavy atom. The Morgan fingerprint density at radius 1 is 1.39 bits per heavy atom. The van der Waals surface area contributed by atoms with Gasteiger partial charge in [0.2, 0.25) is 0 Å². The molecule has 108 valence electrons. The predicted molar refractivity (Wildman–Crippen MR) is 72.9 cm³/mol. The van der Waals surface area contributed by atoms with Gasteiger partial charge in [0.15, 0.2) is 0 Å². The average Bonchev–Trinajstić information content (AvgIpc) is 2.37. The highest BCUT2D eigenvalue weighted by molar-refractivity contribution is 5.85. The van der Waals surface area contributed by atoms with Gasteiger partial charge in [-0.2, -0.15) is 0 Å². The Bertz CT molecular complexity index is 219. The van der Waals surface area contributed by atoms with Crippen LogP contribution in [-0.4, -0.2) is 44.9 Å². The smallest absolute Gasteiger partial charge is 0.250 e. The molecule has 0 aromatic heterocycles. The van der Waals surface area contributed by atoms with Crippen molar-refractivity contribution < 1.29 is 14.3 Å². The lowest BCUT2D eigenvalue weighted by atomic mass is 9.98. The largest absolute Gasteiger partial charge is 0.376 e. The number of carbonyl (C=O) groups is 1. The van der Waals surface area contributed by atoms with Crippen molar-refractivity contribution >= 4 is 18.3 Å². The number of carbonyl (C=O) groups excluding carboxylic acids is 1. The van der Waals surface area contributed by atoms with E-state index in [0.29, 0.717) is 19.3 Å². The van der Waals surface area contributed by atoms with E-state index in [1.54, 1.807) is 0 Å². The molecule has 0 heterocycles. The van der Waals surface area contributed by atoms with Gasteiger partial charge < -0.3 is 20.5 Å². The quantitative estimate of drug-likeness (QED) is 0.678. The summed E-state index contributed by atoms with van der Waals surface area (Å²) in [7, 11) is 1.48. The van der Waals surface area contributed by atoms with Gasteiger partial charge >= 0.3 is 0 Å². The third kappa shape index (κ3) is 6.54. The van der Waals surface area contributed by atoms with Crippen molar-refractivity contribution in [2.24, 2.45) is 5.73 Å². The number of hydrogen-bond acceptors (Lipinski definition) is 4. The van der Waals surface area contributed by atoms with Gasteiger partial charge in [0, 0.05) is 20.2 Å². The van der Waals surface area contributed by atoms with Crippen LogP contribution in [0.15, 0.2) is 0 Å². The van der Waals surface area contributed by atoms with E-state index < -0.39 is 6.10 Å². The molecule has 1 amide bonds. The van der Waals surface area contributed by atoms with E-state index in [0.717, 1.165) is 12.8 Å². The maximum atomic E-state index is 11.5. The zero-order valence-electron chi connectivity index (χ0n) is 11.0. The second-order valence-corrected chi connectivity index (χ2v) is 4.38. The number of ether oxygens (including phenoxy) is 2. The number of nitrogens with two attached hydrogens (primary N) is 1. The van der Waals surface area contributed by atoms with Gasteiger partial charge in [-0.05, 0) is 12.8 Å². The number of methoxy groups -OCH3 is 1. The molecule has 1 aliphatic carbocycles. The van der Waals surface area contributed by atoms with Crippen LogP contribution in [0.3, 0.4) is 0 Å². The molecule has 6 heteroatoms. The second-order valence-electron chi connectivity index (χ2n) is 4.38. The number of nitrogens with one attached hydrogen (secondary N) is 1. The molecule has 1 fully saturated rings. The van der Waals surface area contributed by atoms with E-state index >= 15 is 0 Å². The standard InChI is InChI=1S/C12H24N2O3.ClH/c1-16-11(9-13)12(15)14-7-8-17-10-5-3-2-4-6-10;/h10-11H,2-9,13H2,1H3,(H,14,15);1H. The molecule has 1 atom stereocenters. The van der Waals surface area contributed by atoms with Gasteiger partial charge in [-0.25, -0.2) is 0 Å². The van der Waals surface area contributed by atoms with Crippen molar-refractivity contribution in [3.8, 4) is 0 Å². The van der Waals surface area contributed by atoms with Crippen LogP contribution in [0.5, 0.6) is 0 Å². The Hall–Kier alpha value is -0.360. The molecule has 0 radical (unpaired) electrons. The van der Waals surface area contributed by atoms with Crippen molar-refractivity contribution in [2.75, 3.05) is 26.8 Å². The van der Waals surface area contributed by atoms with Crippen LogP contribution in [-0.2, 0) is 14.3 Å². The van der Waals surface area contributed by atoms with Gasteiger partial charge in [-0.1, -0.05) is 19.3 Å². The molecule has 0 aliphatic heterocycles. The molecule has 0 bridgehead atoms. The number of halogens is 1. The van der Waals surface area contributed by atoms with Gasteiger partial charge in [-0.3, -0.25) is 4.79 Å². The maximum Gasteiger partial charge on any atom is 0.250 e. The van der Waals surface area contributed by atoms with Gasteiger partial charge in [0.1, 0.15) is 6.10 Å². The molecule has 3 N–H and O–H groups in total. The summed E-state index contributed by atoms with van der Waals surface area (Å²) in [4.78, 5) is 11.5. The highest BCUT2D eigenvalue weighted by atomic mass is 35.5. The lowest BCUT2D eigenvalue weighted by Gasteiger charge is -2.22. The van der Waals surface area contributed by atoms with Gasteiger partial charge in [0.25, 0.3) is 5.91 Å². The monoisotopic (exact) mass is 280 g/mol. The fourth-order valence-corrected chi connectivity index (χ4v) is 2.06. The lowest BCUT2D eigenvalue weighted by molar-refractivity contribution is -0.130. The SMILES string of the molecule is COC(CN)C(=O)NCCOC1CCCCC1.Cl. The molecule has 1 aliphatic rings. The predicted octanol–water partition coefficient (Wildman–Crippen LogP) is 0.847. The summed E-state index contributed by atoms with van der Waals surface area (Å²) in [6.07, 6.45) is 5.97. The first-order valence-corrected chi connectivity index (χ1v) is 6.40. The lowest BCUT2D eigenvalue weighted by Crippen LogP contribution is -2.42. The molecule has 0 saturated heterocycles. The first kappa shape index (κ1) is 17.6. The van der Waals surface area contributed by atoms with Crippen LogP contribution >= 0.6 is 12.4 Å². The summed E-state index contributed by atoms with van der Waals surface area (Å²) in [6, 6.07) is 0. The highest BCUT2D eigenvalue weighted by Crippen LogP contribution is 2.19. The third-order valence-electron chi connectivity index (χ3n) is 3.10. The van der Waals surface area contributed by atoms with E-state index in [1.807, 2.05) is 0 Å². The summed E-state index contributed by atoms with van der Waals surface area (Å²) in [5, 5.41) is 2.76. The average molecular weight is 281 g/mol. The minimum atomic E-state index is -0.551. The summed E-state index contributed by atoms with van der Waals surface area (Å²) in [6.45, 7) is 1.29. The van der Waals surface area contributed by atoms with Crippen LogP contribution in [0.1, 0.15) is 32.1 Å². The number of rotatable bonds is 7. The Kier molecular flexibility index (Phi) is 10.3. The van der Waals surface area contributed by atoms with Gasteiger partial charge in [0.05, 0.1) is 12.7 Å². The topological polar surface area (TPSA) is 73.6 Å². The number of hydrogen-bond donors (Lipinski definition) is 2. The molecule has 1 unspecified atom stereocenters. The molecule has 5 nitrogen and oxygen atoms in total. The van der Waals surface area contributed by atoms with E-state index in [2.05, 4.69) is 5.32 Å². The van der Waals surface area contributed by atoms with Crippen LogP contribution in [0.2, 0.25) is 0 Å². The second kappa shape index (κ2) is 10.6. The van der Waals surface area contributed by atoms with Crippen LogP contribution < -0.4 is 11.1 Å². The fraction of sp³-hybridized carbons (Fsp3) is 0.917. The van der Waals surface area contributed by atoms with E-state index in [1.165, 1.54) is 26.4 Å². The Balaban J connectivity index is 0.00000289. The minimum absolute atomic E-state index is 0. The van der Waals surface area contributed by atoms with E-state index in [9.17, 15) is 4.79 Å². The highest BCUT2D eigenvalue weighted by Gasteiger charge is 2.16. The first-order chi connectivity index (χ1) is 8.27. The van der Waals surface area contributed by atoms with Crippen molar-refractivity contribution in [3.05, 3.63) is 0 Å². The van der Waals surface area contributed by atoms with Crippen molar-refractivity contribution in [3.63, 3.8) is 0 Å². The van der Waals surface area contributed by atoms with Crippen LogP contribution in [0.4, 0.5) is 0 Å². The molecule has 18 heavy (non-hydrogen) atoms. The zero-order chi connectivity index (χ0) is 12.5. The Labute approximate surface area is 115 Å². The maximum absolute atomic E-state index is 11.5. The Morgan fingerprint density at radius 2 is 2.06 bits per heavy atom. The summed E-state index contributed by atoms with van der Waals surface area (Å²) in [5.74, 6) is -0.165. The molecule has 1 saturated carbocycles. The number of amides is 1. The normalized spacial score (nSPS) is 17.9. The fourth-order valence-electron chi connectivity index (χ4n) is 2.06. The minimum Gasteiger partial charge on any atom is -0.376 e. The third-order valence-corrected chi connectivity index (χ3v) is 3.10. The molecule has 0 spiro atoms. The van der Waals surface area contributed by atoms with Crippen LogP contribution in [0.25, 0.3) is 0 Å². The van der Waals surface area contributed by atoms with E-state index in [-0.39, 0.29) is 24.9 Å². The molecule has 0 aromatic rings. The van der Waals surface area contributed by atoms with Crippen molar-refractivity contribution in [1.82, 2.24) is 5.32 Å². The van der Waals surface area contributed by atoms with Gasteiger partial charge in [-0.15, -0.1) is 12.4 Å². The first-order valence-electron chi connectivity index (χ1n) is 6.40. The summed E-state index contributed by atoms with van der Waals surface area (Å²) in [5.41, 5.74) is 5.39. The molecule has 1 rings (SSSR count). The van der Waals surface area contributed by atoms with E-state index in [4.69, 9.17) is 15.2 Å². The summed E-state index contributed by atoms with van der Waals surface area (Å²) < 4.78 is 10.6. The molecular formula is C12H25ClN2O3. The van der Waals surface area contributed by atoms with Crippen molar-refractivity contribution in [2.45, 2.75) is 44.3 Å². The molecule has 0 aromatic carbocycles. The van der Waals surface area contributed by atoms with Crippen molar-refractivity contribution in [1.29, 1.82) is 0 Å². The summed E-state index contributed by atoms with van der Waals surface area (Å²) >= 11 is 0.